The summed E-state index contributed by atoms with van der Waals surface area (Å²) in [5.74, 6) is 0.637. The van der Waals surface area contributed by atoms with Crippen LogP contribution in [0.4, 0.5) is 5.82 Å². The Morgan fingerprint density at radius 3 is 2.30 bits per heavy atom. The zero-order valence-corrected chi connectivity index (χ0v) is 12.4. The summed E-state index contributed by atoms with van der Waals surface area (Å²) >= 11 is 0. The van der Waals surface area contributed by atoms with Crippen LogP contribution in [0.5, 0.6) is 0 Å². The van der Waals surface area contributed by atoms with E-state index in [-0.39, 0.29) is 0 Å². The number of rotatable bonds is 5. The fourth-order valence-electron chi connectivity index (χ4n) is 3.49. The Kier molecular flexibility index (Phi) is 4.58. The highest BCUT2D eigenvalue weighted by molar-refractivity contribution is 5.24. The molecule has 0 aliphatic carbocycles. The maximum atomic E-state index is 5.69. The second kappa shape index (κ2) is 6.59. The molecule has 3 rings (SSSR count). The van der Waals surface area contributed by atoms with Gasteiger partial charge < -0.3 is 15.5 Å². The minimum Gasteiger partial charge on any atom is -0.382 e. The quantitative estimate of drug-likeness (QED) is 0.888. The normalized spacial score (nSPS) is 22.6. The monoisotopic (exact) mass is 277 g/mol. The van der Waals surface area contributed by atoms with Crippen LogP contribution in [0.2, 0.25) is 0 Å². The number of aromatic nitrogens is 2. The average Bonchev–Trinajstić information content (AvgIpc) is 3.11. The van der Waals surface area contributed by atoms with Gasteiger partial charge in [0.15, 0.2) is 0 Å². The van der Waals surface area contributed by atoms with E-state index in [2.05, 4.69) is 19.6 Å². The lowest BCUT2D eigenvalue weighted by molar-refractivity contribution is 0.171. The van der Waals surface area contributed by atoms with Crippen LogP contribution in [0.1, 0.15) is 38.1 Å². The molecule has 20 heavy (non-hydrogen) atoms. The van der Waals surface area contributed by atoms with Gasteiger partial charge in [-0.3, -0.25) is 4.68 Å². The van der Waals surface area contributed by atoms with Crippen LogP contribution in [0, 0.1) is 0 Å². The van der Waals surface area contributed by atoms with Crippen LogP contribution in [-0.2, 0) is 0 Å². The molecule has 2 saturated heterocycles. The van der Waals surface area contributed by atoms with Gasteiger partial charge in [-0.2, -0.15) is 5.10 Å². The standard InChI is InChI=1S/C15H27N5/c16-15-6-13-20(17-15)14-4-11-19(12-5-14)10-3-9-18-7-1-2-8-18/h6,13-14H,1-5,7-12H2,(H2,16,17). The smallest absolute Gasteiger partial charge is 0.145 e. The molecular formula is C15H27N5. The number of hydrogen-bond acceptors (Lipinski definition) is 4. The van der Waals surface area contributed by atoms with Gasteiger partial charge in [-0.05, 0) is 64.3 Å². The first-order valence-electron chi connectivity index (χ1n) is 8.06. The maximum absolute atomic E-state index is 5.69. The van der Waals surface area contributed by atoms with Crippen molar-refractivity contribution < 1.29 is 0 Å². The molecule has 2 aliphatic rings. The van der Waals surface area contributed by atoms with E-state index in [9.17, 15) is 0 Å². The van der Waals surface area contributed by atoms with Crippen LogP contribution >= 0.6 is 0 Å². The van der Waals surface area contributed by atoms with Crippen molar-refractivity contribution in [2.24, 2.45) is 0 Å². The number of nitrogens with zero attached hydrogens (tertiary/aromatic N) is 4. The molecule has 0 bridgehead atoms. The van der Waals surface area contributed by atoms with E-state index in [0.717, 1.165) is 0 Å². The molecular weight excluding hydrogens is 250 g/mol. The van der Waals surface area contributed by atoms with E-state index >= 15 is 0 Å². The van der Waals surface area contributed by atoms with Gasteiger partial charge in [-0.1, -0.05) is 0 Å². The number of hydrogen-bond donors (Lipinski definition) is 1. The van der Waals surface area contributed by atoms with Gasteiger partial charge in [0.2, 0.25) is 0 Å². The lowest BCUT2D eigenvalue weighted by atomic mass is 10.1. The van der Waals surface area contributed by atoms with Crippen LogP contribution in [0.15, 0.2) is 12.3 Å². The number of piperidine rings is 1. The summed E-state index contributed by atoms with van der Waals surface area (Å²) in [6.07, 6.45) is 8.54. The summed E-state index contributed by atoms with van der Waals surface area (Å²) in [4.78, 5) is 5.22. The number of nitrogen functional groups attached to an aromatic ring is 1. The van der Waals surface area contributed by atoms with Crippen molar-refractivity contribution in [1.82, 2.24) is 19.6 Å². The Morgan fingerprint density at radius 2 is 1.70 bits per heavy atom. The molecule has 0 aromatic carbocycles. The van der Waals surface area contributed by atoms with Crippen molar-refractivity contribution in [3.05, 3.63) is 12.3 Å². The van der Waals surface area contributed by atoms with Gasteiger partial charge in [-0.25, -0.2) is 0 Å². The van der Waals surface area contributed by atoms with Gasteiger partial charge >= 0.3 is 0 Å². The molecule has 0 amide bonds. The summed E-state index contributed by atoms with van der Waals surface area (Å²) in [5.41, 5.74) is 5.69. The highest BCUT2D eigenvalue weighted by atomic mass is 15.3. The predicted molar refractivity (Wildman–Crippen MR) is 81.6 cm³/mol. The molecule has 0 unspecified atom stereocenters. The maximum Gasteiger partial charge on any atom is 0.145 e. The van der Waals surface area contributed by atoms with Gasteiger partial charge in [-0.15, -0.1) is 0 Å². The number of nitrogens with two attached hydrogens (primary N) is 1. The molecule has 2 fully saturated rings. The van der Waals surface area contributed by atoms with E-state index in [1.165, 1.54) is 71.4 Å². The third kappa shape index (κ3) is 3.52. The lowest BCUT2D eigenvalue weighted by Crippen LogP contribution is -2.36. The largest absolute Gasteiger partial charge is 0.382 e. The minimum absolute atomic E-state index is 0.544. The topological polar surface area (TPSA) is 50.3 Å². The van der Waals surface area contributed by atoms with E-state index in [0.29, 0.717) is 11.9 Å². The summed E-state index contributed by atoms with van der Waals surface area (Å²) < 4.78 is 2.05. The summed E-state index contributed by atoms with van der Waals surface area (Å²) in [5, 5.41) is 4.34. The fourth-order valence-corrected chi connectivity index (χ4v) is 3.49. The Hall–Kier alpha value is -1.07. The van der Waals surface area contributed by atoms with Crippen LogP contribution in [0.25, 0.3) is 0 Å². The molecule has 1 aromatic rings. The summed E-state index contributed by atoms with van der Waals surface area (Å²) in [6.45, 7) is 7.58. The van der Waals surface area contributed by atoms with Crippen molar-refractivity contribution in [2.75, 3.05) is 45.0 Å². The molecule has 0 spiro atoms. The van der Waals surface area contributed by atoms with Crippen molar-refractivity contribution in [3.8, 4) is 0 Å². The minimum atomic E-state index is 0.544. The zero-order chi connectivity index (χ0) is 13.8. The first-order valence-corrected chi connectivity index (χ1v) is 8.06. The van der Waals surface area contributed by atoms with Crippen molar-refractivity contribution in [3.63, 3.8) is 0 Å². The zero-order valence-electron chi connectivity index (χ0n) is 12.4. The Labute approximate surface area is 121 Å². The molecule has 3 heterocycles. The lowest BCUT2D eigenvalue weighted by Gasteiger charge is -2.32. The molecule has 112 valence electrons. The highest BCUT2D eigenvalue weighted by Gasteiger charge is 2.21. The highest BCUT2D eigenvalue weighted by Crippen LogP contribution is 2.22. The molecule has 5 heteroatoms. The molecule has 1 aromatic heterocycles. The SMILES string of the molecule is Nc1ccn(C2CCN(CCCN3CCCC3)CC2)n1. The fraction of sp³-hybridized carbons (Fsp3) is 0.800. The second-order valence-electron chi connectivity index (χ2n) is 6.20. The van der Waals surface area contributed by atoms with Crippen LogP contribution in [-0.4, -0.2) is 58.8 Å². The molecule has 5 nitrogen and oxygen atoms in total. The van der Waals surface area contributed by atoms with E-state index < -0.39 is 0 Å². The third-order valence-electron chi connectivity index (χ3n) is 4.71. The van der Waals surface area contributed by atoms with E-state index in [1.54, 1.807) is 0 Å². The summed E-state index contributed by atoms with van der Waals surface area (Å²) in [7, 11) is 0. The molecule has 0 atom stereocenters. The first-order chi connectivity index (χ1) is 9.81. The van der Waals surface area contributed by atoms with Gasteiger partial charge in [0.25, 0.3) is 0 Å². The van der Waals surface area contributed by atoms with E-state index in [1.807, 2.05) is 12.3 Å². The first kappa shape index (κ1) is 13.9. The van der Waals surface area contributed by atoms with Crippen molar-refractivity contribution in [1.29, 1.82) is 0 Å². The molecule has 0 radical (unpaired) electrons. The van der Waals surface area contributed by atoms with Crippen LogP contribution in [0.3, 0.4) is 0 Å². The van der Waals surface area contributed by atoms with Gasteiger partial charge in [0.05, 0.1) is 6.04 Å². The second-order valence-corrected chi connectivity index (χ2v) is 6.20. The molecule has 2 aliphatic heterocycles. The van der Waals surface area contributed by atoms with E-state index in [4.69, 9.17) is 5.73 Å². The molecule has 0 saturated carbocycles. The average molecular weight is 277 g/mol. The number of likely N-dealkylation sites (tertiary alicyclic amines) is 2. The van der Waals surface area contributed by atoms with Gasteiger partial charge in [0.1, 0.15) is 5.82 Å². The Morgan fingerprint density at radius 1 is 1.05 bits per heavy atom. The van der Waals surface area contributed by atoms with Crippen molar-refractivity contribution in [2.45, 2.75) is 38.1 Å². The predicted octanol–water partition coefficient (Wildman–Crippen LogP) is 1.59. The third-order valence-corrected chi connectivity index (χ3v) is 4.71. The van der Waals surface area contributed by atoms with Crippen molar-refractivity contribution >= 4 is 5.82 Å². The Bertz CT molecular complexity index is 402. The number of anilines is 1. The summed E-state index contributed by atoms with van der Waals surface area (Å²) in [6, 6.07) is 2.43. The molecule has 2 N–H and O–H groups in total. The Balaban J connectivity index is 1.35. The van der Waals surface area contributed by atoms with Gasteiger partial charge in [0, 0.05) is 19.3 Å². The van der Waals surface area contributed by atoms with Crippen LogP contribution < -0.4 is 5.73 Å².